The average molecular weight is 219 g/mol. The van der Waals surface area contributed by atoms with Gasteiger partial charge in [0.1, 0.15) is 0 Å². The fraction of sp³-hybridized carbons (Fsp3) is 0.357. The van der Waals surface area contributed by atoms with E-state index >= 15 is 0 Å². The van der Waals surface area contributed by atoms with Crippen LogP contribution in [-0.2, 0) is 0 Å². The molecule has 2 rings (SSSR count). The molecule has 0 aliphatic carbocycles. The molecule has 0 unspecified atom stereocenters. The van der Waals surface area contributed by atoms with E-state index in [-0.39, 0.29) is 5.56 Å². The summed E-state index contributed by atoms with van der Waals surface area (Å²) in [5.74, 6) is 0. The van der Waals surface area contributed by atoms with E-state index in [1.807, 2.05) is 65.0 Å². The highest BCUT2D eigenvalue weighted by atomic mass is 16.1. The fourth-order valence-corrected chi connectivity index (χ4v) is 1.35. The van der Waals surface area contributed by atoms with Crippen LogP contribution in [-0.4, -0.2) is 4.98 Å². The predicted molar refractivity (Wildman–Crippen MR) is 72.0 cm³/mol. The van der Waals surface area contributed by atoms with Crippen LogP contribution in [0.4, 0.5) is 0 Å². The summed E-state index contributed by atoms with van der Waals surface area (Å²) in [4.78, 5) is 14.1. The maximum Gasteiger partial charge on any atom is 0.256 e. The number of rotatable bonds is 0. The van der Waals surface area contributed by atoms with Gasteiger partial charge in [-0.3, -0.25) is 4.79 Å². The van der Waals surface area contributed by atoms with Gasteiger partial charge >= 0.3 is 0 Å². The molecule has 1 heterocycles. The third-order valence-electron chi connectivity index (χ3n) is 1.89. The number of aromatic nitrogens is 1. The van der Waals surface area contributed by atoms with Crippen molar-refractivity contribution in [2.45, 2.75) is 34.6 Å². The summed E-state index contributed by atoms with van der Waals surface area (Å²) in [6.45, 7) is 9.88. The molecule has 1 N–H and O–H groups in total. The third-order valence-corrected chi connectivity index (χ3v) is 1.89. The minimum absolute atomic E-state index is 0.00870. The van der Waals surface area contributed by atoms with E-state index in [1.54, 1.807) is 0 Å². The first kappa shape index (κ1) is 14.4. The quantitative estimate of drug-likeness (QED) is 0.716. The first-order valence-corrected chi connectivity index (χ1v) is 5.86. The van der Waals surface area contributed by atoms with E-state index in [0.29, 0.717) is 0 Å². The second-order valence-electron chi connectivity index (χ2n) is 2.87. The Balaban J connectivity index is 0.000000509. The number of pyridine rings is 1. The van der Waals surface area contributed by atoms with Gasteiger partial charge in [-0.2, -0.15) is 0 Å². The predicted octanol–water partition coefficient (Wildman–Crippen LogP) is 3.89. The molecule has 0 atom stereocenters. The Morgan fingerprint density at radius 3 is 2.19 bits per heavy atom. The summed E-state index contributed by atoms with van der Waals surface area (Å²) in [5.41, 5.74) is 0.893. The van der Waals surface area contributed by atoms with E-state index in [0.717, 1.165) is 16.5 Å². The van der Waals surface area contributed by atoms with E-state index in [4.69, 9.17) is 0 Å². The first-order valence-electron chi connectivity index (χ1n) is 5.86. The number of benzene rings is 1. The normalized spacial score (nSPS) is 8.56. The second-order valence-corrected chi connectivity index (χ2v) is 2.87. The Bertz CT molecular complexity index is 471. The molecule has 0 radical (unpaired) electrons. The highest BCUT2D eigenvalue weighted by molar-refractivity contribution is 5.81. The zero-order valence-electron chi connectivity index (χ0n) is 10.8. The molecular weight excluding hydrogens is 198 g/mol. The van der Waals surface area contributed by atoms with E-state index in [9.17, 15) is 4.79 Å². The number of H-pyrrole nitrogens is 1. The number of hydrogen-bond acceptors (Lipinski definition) is 1. The number of nitrogens with one attached hydrogen (secondary N) is 1. The van der Waals surface area contributed by atoms with Crippen molar-refractivity contribution in [3.8, 4) is 0 Å². The van der Waals surface area contributed by atoms with Gasteiger partial charge in [0.05, 0.1) is 0 Å². The largest absolute Gasteiger partial charge is 0.326 e. The van der Waals surface area contributed by atoms with Crippen molar-refractivity contribution in [2.75, 3.05) is 0 Å². The number of hydrogen-bond donors (Lipinski definition) is 1. The highest BCUT2D eigenvalue weighted by Gasteiger charge is 1.96. The molecule has 0 saturated carbocycles. The number of fused-ring (bicyclic) bond motifs is 1. The molecular formula is C14H21NO. The minimum Gasteiger partial charge on any atom is -0.326 e. The van der Waals surface area contributed by atoms with Gasteiger partial charge in [0.2, 0.25) is 0 Å². The minimum atomic E-state index is -0.00870. The van der Waals surface area contributed by atoms with Crippen LogP contribution in [0.2, 0.25) is 0 Å². The number of aryl methyl sites for hydroxylation is 1. The molecule has 0 amide bonds. The topological polar surface area (TPSA) is 32.9 Å². The molecule has 1 aromatic heterocycles. The van der Waals surface area contributed by atoms with Gasteiger partial charge in [0, 0.05) is 11.1 Å². The van der Waals surface area contributed by atoms with Crippen molar-refractivity contribution < 1.29 is 0 Å². The van der Waals surface area contributed by atoms with E-state index < -0.39 is 0 Å². The van der Waals surface area contributed by atoms with Gasteiger partial charge in [0.25, 0.3) is 5.56 Å². The zero-order valence-corrected chi connectivity index (χ0v) is 10.8. The third kappa shape index (κ3) is 3.54. The molecule has 0 spiro atoms. The van der Waals surface area contributed by atoms with Crippen molar-refractivity contribution in [1.29, 1.82) is 0 Å². The Kier molecular flexibility index (Phi) is 6.93. The van der Waals surface area contributed by atoms with E-state index in [2.05, 4.69) is 4.98 Å². The smallest absolute Gasteiger partial charge is 0.256 e. The standard InChI is InChI=1S/C10H9NO.2C2H6/c1-7-6-8-4-2-3-5-9(8)10(12)11-7;2*1-2/h2-6H,1H3,(H,11,12);2*1-2H3. The van der Waals surface area contributed by atoms with Crippen molar-refractivity contribution in [3.05, 3.63) is 46.4 Å². The molecule has 0 aliphatic rings. The van der Waals surface area contributed by atoms with Gasteiger partial charge in [-0.05, 0) is 24.4 Å². The van der Waals surface area contributed by atoms with Gasteiger partial charge < -0.3 is 4.98 Å². The SMILES string of the molecule is CC.CC.Cc1cc2ccccc2c(=O)[nH]1. The maximum atomic E-state index is 11.3. The van der Waals surface area contributed by atoms with Gasteiger partial charge in [-0.25, -0.2) is 0 Å². The van der Waals surface area contributed by atoms with Crippen molar-refractivity contribution in [3.63, 3.8) is 0 Å². The van der Waals surface area contributed by atoms with Crippen molar-refractivity contribution >= 4 is 10.8 Å². The molecule has 2 nitrogen and oxygen atoms in total. The molecule has 2 aromatic rings. The van der Waals surface area contributed by atoms with Crippen LogP contribution in [0.25, 0.3) is 10.8 Å². The lowest BCUT2D eigenvalue weighted by Crippen LogP contribution is -2.06. The summed E-state index contributed by atoms with van der Waals surface area (Å²) >= 11 is 0. The van der Waals surface area contributed by atoms with E-state index in [1.165, 1.54) is 0 Å². The molecule has 2 heteroatoms. The van der Waals surface area contributed by atoms with Crippen LogP contribution >= 0.6 is 0 Å². The van der Waals surface area contributed by atoms with Gasteiger partial charge in [-0.1, -0.05) is 45.9 Å². The lowest BCUT2D eigenvalue weighted by atomic mass is 10.1. The van der Waals surface area contributed by atoms with Crippen LogP contribution in [0, 0.1) is 6.92 Å². The summed E-state index contributed by atoms with van der Waals surface area (Å²) in [6, 6.07) is 9.54. The van der Waals surface area contributed by atoms with Crippen molar-refractivity contribution in [1.82, 2.24) is 4.98 Å². The van der Waals surface area contributed by atoms with Crippen LogP contribution in [0.5, 0.6) is 0 Å². The zero-order chi connectivity index (χ0) is 12.6. The van der Waals surface area contributed by atoms with Crippen LogP contribution in [0.1, 0.15) is 33.4 Å². The van der Waals surface area contributed by atoms with Crippen molar-refractivity contribution in [2.24, 2.45) is 0 Å². The Labute approximate surface area is 97.3 Å². The highest BCUT2D eigenvalue weighted by Crippen LogP contribution is 2.08. The molecule has 0 saturated heterocycles. The molecule has 0 fully saturated rings. The monoisotopic (exact) mass is 219 g/mol. The van der Waals surface area contributed by atoms with Gasteiger partial charge in [0.15, 0.2) is 0 Å². The van der Waals surface area contributed by atoms with Crippen LogP contribution < -0.4 is 5.56 Å². The molecule has 1 aromatic carbocycles. The Morgan fingerprint density at radius 1 is 1.00 bits per heavy atom. The molecule has 0 aliphatic heterocycles. The average Bonchev–Trinajstić information content (AvgIpc) is 2.34. The fourth-order valence-electron chi connectivity index (χ4n) is 1.35. The first-order chi connectivity index (χ1) is 7.77. The van der Waals surface area contributed by atoms with Gasteiger partial charge in [-0.15, -0.1) is 0 Å². The molecule has 16 heavy (non-hydrogen) atoms. The Morgan fingerprint density at radius 2 is 1.56 bits per heavy atom. The summed E-state index contributed by atoms with van der Waals surface area (Å²) < 4.78 is 0. The second kappa shape index (κ2) is 7.69. The lowest BCUT2D eigenvalue weighted by Gasteiger charge is -1.96. The van der Waals surface area contributed by atoms with Crippen LogP contribution in [0.15, 0.2) is 35.1 Å². The summed E-state index contributed by atoms with van der Waals surface area (Å²) in [6.07, 6.45) is 0. The summed E-state index contributed by atoms with van der Waals surface area (Å²) in [7, 11) is 0. The molecule has 88 valence electrons. The lowest BCUT2D eigenvalue weighted by molar-refractivity contribution is 1.17. The molecule has 0 bridgehead atoms. The maximum absolute atomic E-state index is 11.3. The summed E-state index contributed by atoms with van der Waals surface area (Å²) in [5, 5.41) is 1.75. The Hall–Kier alpha value is -1.57. The van der Waals surface area contributed by atoms with Crippen LogP contribution in [0.3, 0.4) is 0 Å². The number of aromatic amines is 1.